The van der Waals surface area contributed by atoms with E-state index in [0.29, 0.717) is 17.3 Å². The normalized spacial score (nSPS) is 14.8. The molecule has 1 amide bonds. The Bertz CT molecular complexity index is 976. The maximum Gasteiger partial charge on any atom is 0.336 e. The van der Waals surface area contributed by atoms with Crippen LogP contribution in [0.3, 0.4) is 0 Å². The monoisotopic (exact) mass is 349 g/mol. The summed E-state index contributed by atoms with van der Waals surface area (Å²) in [7, 11) is 0. The first-order valence-electron chi connectivity index (χ1n) is 8.70. The SMILES string of the molecule is O=C(COc1ccc2ccc(=O)oc2c1)NC(c1ccccc1)C1CC1. The topological polar surface area (TPSA) is 68.5 Å². The van der Waals surface area contributed by atoms with Crippen molar-refractivity contribution >= 4 is 16.9 Å². The maximum atomic E-state index is 12.3. The zero-order valence-electron chi connectivity index (χ0n) is 14.2. The van der Waals surface area contributed by atoms with E-state index >= 15 is 0 Å². The van der Waals surface area contributed by atoms with E-state index < -0.39 is 5.63 Å². The third-order valence-corrected chi connectivity index (χ3v) is 4.53. The van der Waals surface area contributed by atoms with Crippen molar-refractivity contribution in [2.75, 3.05) is 6.61 Å². The average Bonchev–Trinajstić information content (AvgIpc) is 3.50. The first-order chi connectivity index (χ1) is 12.7. The van der Waals surface area contributed by atoms with Crippen LogP contribution >= 0.6 is 0 Å². The number of fused-ring (bicyclic) bond motifs is 1. The number of hydrogen-bond acceptors (Lipinski definition) is 4. The van der Waals surface area contributed by atoms with Crippen LogP contribution in [0.15, 0.2) is 69.9 Å². The van der Waals surface area contributed by atoms with E-state index in [2.05, 4.69) is 5.32 Å². The molecule has 1 atom stereocenters. The van der Waals surface area contributed by atoms with E-state index in [1.165, 1.54) is 6.07 Å². The number of amides is 1. The molecule has 1 aromatic heterocycles. The van der Waals surface area contributed by atoms with Crippen LogP contribution in [0.2, 0.25) is 0 Å². The predicted octanol–water partition coefficient (Wildman–Crippen LogP) is 3.44. The highest BCUT2D eigenvalue weighted by atomic mass is 16.5. The number of nitrogens with one attached hydrogen (secondary N) is 1. The van der Waals surface area contributed by atoms with E-state index in [0.717, 1.165) is 23.8 Å². The molecule has 1 fully saturated rings. The fraction of sp³-hybridized carbons (Fsp3) is 0.238. The van der Waals surface area contributed by atoms with Crippen molar-refractivity contribution in [3.63, 3.8) is 0 Å². The first kappa shape index (κ1) is 16.4. The Labute approximate surface area is 150 Å². The number of carbonyl (C=O) groups excluding carboxylic acids is 1. The largest absolute Gasteiger partial charge is 0.484 e. The average molecular weight is 349 g/mol. The van der Waals surface area contributed by atoms with Crippen LogP contribution < -0.4 is 15.7 Å². The number of rotatable bonds is 6. The molecule has 1 aliphatic rings. The molecule has 0 aliphatic heterocycles. The van der Waals surface area contributed by atoms with Crippen LogP contribution in [0.4, 0.5) is 0 Å². The molecule has 3 aromatic rings. The molecular formula is C21H19NO4. The quantitative estimate of drug-likeness (QED) is 0.692. The number of hydrogen-bond donors (Lipinski definition) is 1. The molecule has 26 heavy (non-hydrogen) atoms. The highest BCUT2D eigenvalue weighted by Gasteiger charge is 2.33. The summed E-state index contributed by atoms with van der Waals surface area (Å²) in [5.41, 5.74) is 1.15. The number of ether oxygens (including phenoxy) is 1. The molecule has 132 valence electrons. The third-order valence-electron chi connectivity index (χ3n) is 4.53. The summed E-state index contributed by atoms with van der Waals surface area (Å²) in [4.78, 5) is 23.7. The van der Waals surface area contributed by atoms with Gasteiger partial charge in [-0.3, -0.25) is 4.79 Å². The first-order valence-corrected chi connectivity index (χ1v) is 8.70. The predicted molar refractivity (Wildman–Crippen MR) is 98.0 cm³/mol. The van der Waals surface area contributed by atoms with E-state index in [-0.39, 0.29) is 18.6 Å². The van der Waals surface area contributed by atoms with Gasteiger partial charge in [0.1, 0.15) is 11.3 Å². The smallest absolute Gasteiger partial charge is 0.336 e. The summed E-state index contributed by atoms with van der Waals surface area (Å²) in [6.07, 6.45) is 2.26. The van der Waals surface area contributed by atoms with Crippen molar-refractivity contribution in [1.82, 2.24) is 5.32 Å². The Morgan fingerprint density at radius 2 is 1.88 bits per heavy atom. The van der Waals surface area contributed by atoms with Crippen LogP contribution in [0.5, 0.6) is 5.75 Å². The standard InChI is InChI=1S/C21H19NO4/c23-19(22-21(16-6-7-16)15-4-2-1-3-5-15)13-25-17-10-8-14-9-11-20(24)26-18(14)12-17/h1-5,8-12,16,21H,6-7,13H2,(H,22,23). The number of benzene rings is 2. The molecule has 0 bridgehead atoms. The molecule has 1 N–H and O–H groups in total. The van der Waals surface area contributed by atoms with Crippen LogP contribution in [-0.4, -0.2) is 12.5 Å². The van der Waals surface area contributed by atoms with Crippen molar-refractivity contribution in [2.24, 2.45) is 5.92 Å². The second-order valence-corrected chi connectivity index (χ2v) is 6.54. The molecule has 1 heterocycles. The molecular weight excluding hydrogens is 330 g/mol. The summed E-state index contributed by atoms with van der Waals surface area (Å²) >= 11 is 0. The summed E-state index contributed by atoms with van der Waals surface area (Å²) < 4.78 is 10.7. The van der Waals surface area contributed by atoms with Crippen molar-refractivity contribution in [2.45, 2.75) is 18.9 Å². The zero-order chi connectivity index (χ0) is 17.9. The second-order valence-electron chi connectivity index (χ2n) is 6.54. The summed E-state index contributed by atoms with van der Waals surface area (Å²) in [5, 5.41) is 3.88. The lowest BCUT2D eigenvalue weighted by Crippen LogP contribution is -2.33. The summed E-state index contributed by atoms with van der Waals surface area (Å²) in [6.45, 7) is -0.0847. The zero-order valence-corrected chi connectivity index (χ0v) is 14.2. The minimum absolute atomic E-state index is 0.0296. The second kappa shape index (κ2) is 7.04. The lowest BCUT2D eigenvalue weighted by Gasteiger charge is -2.19. The van der Waals surface area contributed by atoms with Gasteiger partial charge in [0.25, 0.3) is 5.91 Å². The molecule has 0 spiro atoms. The Morgan fingerprint density at radius 1 is 1.12 bits per heavy atom. The van der Waals surface area contributed by atoms with Gasteiger partial charge in [0, 0.05) is 17.5 Å². The van der Waals surface area contributed by atoms with Gasteiger partial charge in [0.2, 0.25) is 0 Å². The molecule has 0 saturated heterocycles. The minimum atomic E-state index is -0.414. The molecule has 1 aliphatic carbocycles. The lowest BCUT2D eigenvalue weighted by atomic mass is 10.0. The summed E-state index contributed by atoms with van der Waals surface area (Å²) in [6, 6.07) is 18.3. The molecule has 1 unspecified atom stereocenters. The van der Waals surface area contributed by atoms with Gasteiger partial charge in [-0.1, -0.05) is 30.3 Å². The Balaban J connectivity index is 1.41. The van der Waals surface area contributed by atoms with Gasteiger partial charge in [0.15, 0.2) is 6.61 Å². The van der Waals surface area contributed by atoms with Gasteiger partial charge in [-0.2, -0.15) is 0 Å². The minimum Gasteiger partial charge on any atom is -0.484 e. The van der Waals surface area contributed by atoms with Gasteiger partial charge in [-0.25, -0.2) is 4.79 Å². The van der Waals surface area contributed by atoms with Crippen LogP contribution in [0.25, 0.3) is 11.0 Å². The van der Waals surface area contributed by atoms with Gasteiger partial charge in [-0.15, -0.1) is 0 Å². The van der Waals surface area contributed by atoms with Crippen molar-refractivity contribution in [1.29, 1.82) is 0 Å². The Hall–Kier alpha value is -3.08. The van der Waals surface area contributed by atoms with E-state index in [9.17, 15) is 9.59 Å². The third kappa shape index (κ3) is 3.77. The van der Waals surface area contributed by atoms with Crippen molar-refractivity contribution in [3.05, 3.63) is 76.6 Å². The fourth-order valence-electron chi connectivity index (χ4n) is 3.06. The van der Waals surface area contributed by atoms with Crippen LogP contribution in [-0.2, 0) is 4.79 Å². The van der Waals surface area contributed by atoms with Crippen molar-refractivity contribution < 1.29 is 13.9 Å². The van der Waals surface area contributed by atoms with E-state index in [4.69, 9.17) is 9.15 Å². The number of carbonyl (C=O) groups is 1. The molecule has 2 aromatic carbocycles. The fourth-order valence-corrected chi connectivity index (χ4v) is 3.06. The van der Waals surface area contributed by atoms with E-state index in [1.807, 2.05) is 30.3 Å². The Kier molecular flexibility index (Phi) is 4.44. The molecule has 5 nitrogen and oxygen atoms in total. The van der Waals surface area contributed by atoms with Crippen LogP contribution in [0.1, 0.15) is 24.4 Å². The summed E-state index contributed by atoms with van der Waals surface area (Å²) in [5.74, 6) is 0.821. The van der Waals surface area contributed by atoms with Gasteiger partial charge < -0.3 is 14.5 Å². The molecule has 0 radical (unpaired) electrons. The Morgan fingerprint density at radius 3 is 2.65 bits per heavy atom. The molecule has 4 rings (SSSR count). The van der Waals surface area contributed by atoms with Gasteiger partial charge >= 0.3 is 5.63 Å². The van der Waals surface area contributed by atoms with Crippen LogP contribution in [0, 0.1) is 5.92 Å². The highest BCUT2D eigenvalue weighted by Crippen LogP contribution is 2.40. The molecule has 1 saturated carbocycles. The van der Waals surface area contributed by atoms with Gasteiger partial charge in [0.05, 0.1) is 6.04 Å². The highest BCUT2D eigenvalue weighted by molar-refractivity contribution is 5.79. The maximum absolute atomic E-state index is 12.3. The lowest BCUT2D eigenvalue weighted by molar-refractivity contribution is -0.124. The van der Waals surface area contributed by atoms with E-state index in [1.54, 1.807) is 24.3 Å². The molecule has 5 heteroatoms. The van der Waals surface area contributed by atoms with Gasteiger partial charge in [-0.05, 0) is 42.5 Å². The van der Waals surface area contributed by atoms with Crippen molar-refractivity contribution in [3.8, 4) is 5.75 Å².